The van der Waals surface area contributed by atoms with Gasteiger partial charge in [0.15, 0.2) is 0 Å². The van der Waals surface area contributed by atoms with E-state index in [1.54, 1.807) is 13.2 Å². The van der Waals surface area contributed by atoms with Crippen LogP contribution in [-0.2, 0) is 16.1 Å². The van der Waals surface area contributed by atoms with E-state index < -0.39 is 5.54 Å². The number of carbonyl (C=O) groups is 1. The first-order valence-corrected chi connectivity index (χ1v) is 8.22. The maximum absolute atomic E-state index is 13.5. The fraction of sp³-hybridized carbons (Fsp3) is 0.588. The Morgan fingerprint density at radius 2 is 2.12 bits per heavy atom. The van der Waals surface area contributed by atoms with Gasteiger partial charge in [0, 0.05) is 51.3 Å². The molecule has 1 aromatic rings. The van der Waals surface area contributed by atoms with Crippen molar-refractivity contribution in [2.45, 2.75) is 18.5 Å². The number of nitrogens with two attached hydrogens (primary N) is 1. The van der Waals surface area contributed by atoms with Crippen LogP contribution in [0, 0.1) is 5.82 Å². The zero-order valence-electron chi connectivity index (χ0n) is 14.0. The number of nitrogens with zero attached hydrogens (tertiary/aromatic N) is 2. The van der Waals surface area contributed by atoms with Crippen LogP contribution in [-0.4, -0.2) is 67.7 Å². The number of hydrogen-bond acceptors (Lipinski definition) is 5. The van der Waals surface area contributed by atoms with Crippen LogP contribution in [0.1, 0.15) is 12.0 Å². The summed E-state index contributed by atoms with van der Waals surface area (Å²) >= 11 is 0. The molecule has 0 spiro atoms. The second-order valence-corrected chi connectivity index (χ2v) is 6.42. The number of halogens is 1. The second-order valence-electron chi connectivity index (χ2n) is 6.42. The molecule has 7 heteroatoms. The second kappa shape index (κ2) is 7.04. The SMILES string of the molecule is COc1ccc(F)cc1CN1CCN(C2(C(N)=O)CCOC2)CC1. The van der Waals surface area contributed by atoms with Gasteiger partial charge in [0.05, 0.1) is 13.7 Å². The fourth-order valence-corrected chi connectivity index (χ4v) is 3.60. The monoisotopic (exact) mass is 337 g/mol. The van der Waals surface area contributed by atoms with Crippen molar-refractivity contribution in [3.63, 3.8) is 0 Å². The number of ether oxygens (including phenoxy) is 2. The van der Waals surface area contributed by atoms with Crippen LogP contribution < -0.4 is 10.5 Å². The molecule has 2 aliphatic rings. The molecular formula is C17H24FN3O3. The summed E-state index contributed by atoms with van der Waals surface area (Å²) in [5.41, 5.74) is 5.81. The normalized spacial score (nSPS) is 25.8. The number of primary amides is 1. The Labute approximate surface area is 141 Å². The first kappa shape index (κ1) is 17.1. The highest BCUT2D eigenvalue weighted by Gasteiger charge is 2.46. The minimum Gasteiger partial charge on any atom is -0.496 e. The average Bonchev–Trinajstić information content (AvgIpc) is 3.07. The van der Waals surface area contributed by atoms with Crippen LogP contribution in [0.3, 0.4) is 0 Å². The Hall–Kier alpha value is -1.70. The highest BCUT2D eigenvalue weighted by atomic mass is 19.1. The Kier molecular flexibility index (Phi) is 5.03. The molecule has 2 saturated heterocycles. The molecule has 0 aromatic heterocycles. The lowest BCUT2D eigenvalue weighted by atomic mass is 9.94. The Balaban J connectivity index is 1.63. The van der Waals surface area contributed by atoms with Gasteiger partial charge in [-0.25, -0.2) is 4.39 Å². The summed E-state index contributed by atoms with van der Waals surface area (Å²) in [5, 5.41) is 0. The molecule has 3 rings (SSSR count). The van der Waals surface area contributed by atoms with E-state index in [1.165, 1.54) is 12.1 Å². The third-order valence-corrected chi connectivity index (χ3v) is 5.07. The van der Waals surface area contributed by atoms with Crippen molar-refractivity contribution in [1.29, 1.82) is 0 Å². The molecule has 0 saturated carbocycles. The minimum absolute atomic E-state index is 0.264. The molecule has 2 N–H and O–H groups in total. The van der Waals surface area contributed by atoms with Gasteiger partial charge in [-0.05, 0) is 18.2 Å². The Morgan fingerprint density at radius 1 is 1.38 bits per heavy atom. The van der Waals surface area contributed by atoms with Crippen LogP contribution >= 0.6 is 0 Å². The minimum atomic E-state index is -0.664. The van der Waals surface area contributed by atoms with Crippen molar-refractivity contribution >= 4 is 5.91 Å². The molecule has 2 fully saturated rings. The summed E-state index contributed by atoms with van der Waals surface area (Å²) in [6, 6.07) is 4.57. The predicted octanol–water partition coefficient (Wildman–Crippen LogP) is 0.596. The van der Waals surface area contributed by atoms with Crippen LogP contribution in [0.25, 0.3) is 0 Å². The van der Waals surface area contributed by atoms with Crippen LogP contribution in [0.4, 0.5) is 4.39 Å². The lowest BCUT2D eigenvalue weighted by Crippen LogP contribution is -2.63. The highest BCUT2D eigenvalue weighted by molar-refractivity contribution is 5.85. The number of rotatable bonds is 5. The molecule has 2 aliphatic heterocycles. The number of carbonyl (C=O) groups excluding carboxylic acids is 1. The van der Waals surface area contributed by atoms with Crippen molar-refractivity contribution in [1.82, 2.24) is 9.80 Å². The van der Waals surface area contributed by atoms with E-state index in [-0.39, 0.29) is 11.7 Å². The van der Waals surface area contributed by atoms with E-state index in [4.69, 9.17) is 15.2 Å². The Morgan fingerprint density at radius 3 is 2.71 bits per heavy atom. The smallest absolute Gasteiger partial charge is 0.240 e. The number of methoxy groups -OCH3 is 1. The van der Waals surface area contributed by atoms with E-state index in [1.807, 2.05) is 0 Å². The van der Waals surface area contributed by atoms with Gasteiger partial charge < -0.3 is 15.2 Å². The first-order chi connectivity index (χ1) is 11.5. The van der Waals surface area contributed by atoms with E-state index in [9.17, 15) is 9.18 Å². The van der Waals surface area contributed by atoms with E-state index in [0.29, 0.717) is 31.9 Å². The molecular weight excluding hydrogens is 313 g/mol. The van der Waals surface area contributed by atoms with Gasteiger partial charge in [0.2, 0.25) is 5.91 Å². The molecule has 1 unspecified atom stereocenters. The molecule has 1 aromatic carbocycles. The summed E-state index contributed by atoms with van der Waals surface area (Å²) < 4.78 is 24.2. The van der Waals surface area contributed by atoms with Crippen LogP contribution in [0.5, 0.6) is 5.75 Å². The van der Waals surface area contributed by atoms with Gasteiger partial charge >= 0.3 is 0 Å². The predicted molar refractivity (Wildman–Crippen MR) is 87.2 cm³/mol. The average molecular weight is 337 g/mol. The zero-order chi connectivity index (χ0) is 17.2. The van der Waals surface area contributed by atoms with Gasteiger partial charge in [-0.2, -0.15) is 0 Å². The number of amides is 1. The summed E-state index contributed by atoms with van der Waals surface area (Å²) in [4.78, 5) is 16.3. The molecule has 1 amide bonds. The third kappa shape index (κ3) is 3.24. The lowest BCUT2D eigenvalue weighted by Gasteiger charge is -2.43. The standard InChI is InChI=1S/C17H24FN3O3/c1-23-15-3-2-14(18)10-13(15)11-20-5-7-21(8-6-20)17(16(19)22)4-9-24-12-17/h2-3,10H,4-9,11-12H2,1H3,(H2,19,22). The number of piperazine rings is 1. The molecule has 0 aliphatic carbocycles. The van der Waals surface area contributed by atoms with Crippen LogP contribution in [0.15, 0.2) is 18.2 Å². The number of benzene rings is 1. The topological polar surface area (TPSA) is 68.0 Å². The van der Waals surface area contributed by atoms with Gasteiger partial charge in [0.25, 0.3) is 0 Å². The first-order valence-electron chi connectivity index (χ1n) is 8.22. The van der Waals surface area contributed by atoms with Crippen molar-refractivity contribution < 1.29 is 18.7 Å². The van der Waals surface area contributed by atoms with Gasteiger partial charge in [0.1, 0.15) is 17.1 Å². The highest BCUT2D eigenvalue weighted by Crippen LogP contribution is 2.28. The maximum atomic E-state index is 13.5. The van der Waals surface area contributed by atoms with Crippen molar-refractivity contribution in [2.24, 2.45) is 5.73 Å². The summed E-state index contributed by atoms with van der Waals surface area (Å²) in [7, 11) is 1.59. The molecule has 0 bridgehead atoms. The van der Waals surface area contributed by atoms with Gasteiger partial charge in [-0.1, -0.05) is 0 Å². The van der Waals surface area contributed by atoms with E-state index in [2.05, 4.69) is 9.80 Å². The molecule has 24 heavy (non-hydrogen) atoms. The quantitative estimate of drug-likeness (QED) is 0.852. The summed E-state index contributed by atoms with van der Waals surface area (Å²) in [5.74, 6) is 0.122. The number of hydrogen-bond donors (Lipinski definition) is 1. The molecule has 6 nitrogen and oxygen atoms in total. The van der Waals surface area contributed by atoms with Crippen molar-refractivity contribution in [2.75, 3.05) is 46.5 Å². The maximum Gasteiger partial charge on any atom is 0.240 e. The third-order valence-electron chi connectivity index (χ3n) is 5.07. The van der Waals surface area contributed by atoms with Crippen molar-refractivity contribution in [3.05, 3.63) is 29.6 Å². The van der Waals surface area contributed by atoms with Gasteiger partial charge in [-0.15, -0.1) is 0 Å². The largest absolute Gasteiger partial charge is 0.496 e. The summed E-state index contributed by atoms with van der Waals surface area (Å²) in [6.45, 7) is 4.62. The molecule has 1 atom stereocenters. The van der Waals surface area contributed by atoms with Crippen LogP contribution in [0.2, 0.25) is 0 Å². The Bertz CT molecular complexity index is 597. The molecule has 0 radical (unpaired) electrons. The summed E-state index contributed by atoms with van der Waals surface area (Å²) in [6.07, 6.45) is 0.653. The van der Waals surface area contributed by atoms with Crippen molar-refractivity contribution in [3.8, 4) is 5.75 Å². The fourth-order valence-electron chi connectivity index (χ4n) is 3.60. The lowest BCUT2D eigenvalue weighted by molar-refractivity contribution is -0.132. The van der Waals surface area contributed by atoms with E-state index >= 15 is 0 Å². The molecule has 132 valence electrons. The van der Waals surface area contributed by atoms with Gasteiger partial charge in [-0.3, -0.25) is 14.6 Å². The zero-order valence-corrected chi connectivity index (χ0v) is 14.0. The van der Waals surface area contributed by atoms with E-state index in [0.717, 1.165) is 31.7 Å². The molecule has 2 heterocycles.